The molecular weight excluding hydrogens is 308 g/mol. The summed E-state index contributed by atoms with van der Waals surface area (Å²) in [5.74, 6) is -11.2. The first-order valence-corrected chi connectivity index (χ1v) is 5.90. The van der Waals surface area contributed by atoms with Crippen LogP contribution in [-0.2, 0) is 4.79 Å². The second-order valence-corrected chi connectivity index (χ2v) is 4.96. The Morgan fingerprint density at radius 3 is 1.95 bits per heavy atom. The highest BCUT2D eigenvalue weighted by molar-refractivity contribution is 8.13. The highest BCUT2D eigenvalue weighted by Crippen LogP contribution is 2.46. The molecule has 0 spiro atoms. The Morgan fingerprint density at radius 1 is 1.11 bits per heavy atom. The lowest BCUT2D eigenvalue weighted by Crippen LogP contribution is -2.53. The monoisotopic (exact) mass is 318 g/mol. The fraction of sp³-hybridized carbons (Fsp3) is 0.889. The van der Waals surface area contributed by atoms with Gasteiger partial charge < -0.3 is 0 Å². The van der Waals surface area contributed by atoms with E-state index in [1.165, 1.54) is 0 Å². The predicted octanol–water partition coefficient (Wildman–Crippen LogP) is 4.22. The van der Waals surface area contributed by atoms with Gasteiger partial charge in [-0.3, -0.25) is 4.79 Å². The number of carbonyl (C=O) groups excluding carboxylic acids is 1. The standard InChI is InChI=1S/C9H10F8OS/c1-5(18)19-4-2-3-7(11,12)6(10)8(13,14)9(15,16)17/h6H,2-4H2,1H3. The zero-order chi connectivity index (χ0) is 15.5. The maximum absolute atomic E-state index is 12.9. The molecule has 0 bridgehead atoms. The van der Waals surface area contributed by atoms with Crippen molar-refractivity contribution in [2.45, 2.75) is 44.0 Å². The summed E-state index contributed by atoms with van der Waals surface area (Å²) < 4.78 is 98.6. The normalized spacial score (nSPS) is 15.4. The first kappa shape index (κ1) is 18.5. The lowest BCUT2D eigenvalue weighted by Gasteiger charge is -2.28. The average molecular weight is 318 g/mol. The summed E-state index contributed by atoms with van der Waals surface area (Å²) in [6, 6.07) is 0. The van der Waals surface area contributed by atoms with E-state index < -0.39 is 42.1 Å². The molecule has 0 amide bonds. The van der Waals surface area contributed by atoms with E-state index in [4.69, 9.17) is 0 Å². The van der Waals surface area contributed by atoms with Crippen LogP contribution in [0.15, 0.2) is 0 Å². The van der Waals surface area contributed by atoms with Gasteiger partial charge in [0.1, 0.15) is 0 Å². The fourth-order valence-corrected chi connectivity index (χ4v) is 1.64. The first-order chi connectivity index (χ1) is 8.32. The lowest BCUT2D eigenvalue weighted by molar-refractivity contribution is -0.327. The number of carbonyl (C=O) groups is 1. The van der Waals surface area contributed by atoms with Crippen LogP contribution in [0, 0.1) is 0 Å². The molecule has 114 valence electrons. The van der Waals surface area contributed by atoms with Gasteiger partial charge >= 0.3 is 12.1 Å². The van der Waals surface area contributed by atoms with Gasteiger partial charge in [-0.25, -0.2) is 13.2 Å². The zero-order valence-corrected chi connectivity index (χ0v) is 10.4. The zero-order valence-electron chi connectivity index (χ0n) is 9.54. The molecule has 0 aromatic carbocycles. The van der Waals surface area contributed by atoms with Crippen LogP contribution in [0.2, 0.25) is 0 Å². The van der Waals surface area contributed by atoms with E-state index in [1.54, 1.807) is 0 Å². The Kier molecular flexibility index (Phi) is 6.10. The van der Waals surface area contributed by atoms with Crippen LogP contribution in [0.3, 0.4) is 0 Å². The molecule has 0 radical (unpaired) electrons. The summed E-state index contributed by atoms with van der Waals surface area (Å²) in [7, 11) is 0. The van der Waals surface area contributed by atoms with E-state index >= 15 is 0 Å². The summed E-state index contributed by atoms with van der Waals surface area (Å²) in [5.41, 5.74) is 0. The Balaban J connectivity index is 4.59. The Hall–Kier alpha value is -0.540. The van der Waals surface area contributed by atoms with Crippen LogP contribution < -0.4 is 0 Å². The van der Waals surface area contributed by atoms with E-state index in [-0.39, 0.29) is 5.75 Å². The number of halogens is 8. The summed E-state index contributed by atoms with van der Waals surface area (Å²) in [6.45, 7) is 1.12. The van der Waals surface area contributed by atoms with Crippen molar-refractivity contribution in [2.75, 3.05) is 5.75 Å². The summed E-state index contributed by atoms with van der Waals surface area (Å²) >= 11 is 0.592. The molecule has 0 aliphatic rings. The van der Waals surface area contributed by atoms with Crippen LogP contribution in [-0.4, -0.2) is 35.1 Å². The van der Waals surface area contributed by atoms with E-state index in [9.17, 15) is 39.9 Å². The quantitative estimate of drug-likeness (QED) is 0.539. The molecule has 0 rings (SSSR count). The van der Waals surface area contributed by atoms with Crippen molar-refractivity contribution in [3.8, 4) is 0 Å². The van der Waals surface area contributed by atoms with Gasteiger partial charge in [0.25, 0.3) is 5.92 Å². The van der Waals surface area contributed by atoms with Gasteiger partial charge in [-0.15, -0.1) is 0 Å². The van der Waals surface area contributed by atoms with Crippen LogP contribution in [0.1, 0.15) is 19.8 Å². The molecule has 19 heavy (non-hydrogen) atoms. The van der Waals surface area contributed by atoms with Gasteiger partial charge in [-0.1, -0.05) is 11.8 Å². The van der Waals surface area contributed by atoms with Crippen LogP contribution in [0.4, 0.5) is 35.1 Å². The minimum atomic E-state index is -6.38. The minimum absolute atomic E-state index is 0.213. The number of rotatable bonds is 6. The lowest BCUT2D eigenvalue weighted by atomic mass is 10.0. The Labute approximate surface area is 107 Å². The van der Waals surface area contributed by atoms with Crippen molar-refractivity contribution in [3.05, 3.63) is 0 Å². The van der Waals surface area contributed by atoms with E-state index in [0.29, 0.717) is 11.8 Å². The van der Waals surface area contributed by atoms with E-state index in [2.05, 4.69) is 0 Å². The van der Waals surface area contributed by atoms with Crippen molar-refractivity contribution in [1.29, 1.82) is 0 Å². The molecule has 1 nitrogen and oxygen atoms in total. The SMILES string of the molecule is CC(=O)SCCCC(F)(F)C(F)C(F)(F)C(F)(F)F. The second-order valence-electron chi connectivity index (χ2n) is 3.69. The largest absolute Gasteiger partial charge is 0.456 e. The Bertz CT molecular complexity index is 314. The highest BCUT2D eigenvalue weighted by atomic mass is 32.2. The van der Waals surface area contributed by atoms with Gasteiger partial charge in [-0.2, -0.15) is 22.0 Å². The molecule has 0 heterocycles. The molecule has 0 saturated carbocycles. The van der Waals surface area contributed by atoms with Crippen molar-refractivity contribution in [2.24, 2.45) is 0 Å². The molecule has 0 saturated heterocycles. The molecule has 0 N–H and O–H groups in total. The third-order valence-electron chi connectivity index (χ3n) is 2.03. The van der Waals surface area contributed by atoms with Gasteiger partial charge in [0.15, 0.2) is 5.12 Å². The molecular formula is C9H10F8OS. The average Bonchev–Trinajstić information content (AvgIpc) is 2.21. The van der Waals surface area contributed by atoms with E-state index in [0.717, 1.165) is 6.92 Å². The maximum Gasteiger partial charge on any atom is 0.456 e. The molecule has 10 heteroatoms. The van der Waals surface area contributed by atoms with Gasteiger partial charge in [-0.05, 0) is 6.42 Å². The topological polar surface area (TPSA) is 17.1 Å². The predicted molar refractivity (Wildman–Crippen MR) is 53.2 cm³/mol. The van der Waals surface area contributed by atoms with E-state index in [1.807, 2.05) is 0 Å². The summed E-state index contributed by atoms with van der Waals surface area (Å²) in [4.78, 5) is 10.4. The number of thioether (sulfide) groups is 1. The number of hydrogen-bond acceptors (Lipinski definition) is 2. The van der Waals surface area contributed by atoms with Crippen LogP contribution >= 0.6 is 11.8 Å². The molecule has 0 aromatic heterocycles. The smallest absolute Gasteiger partial charge is 0.288 e. The van der Waals surface area contributed by atoms with Gasteiger partial charge in [0, 0.05) is 19.1 Å². The molecule has 0 aromatic rings. The van der Waals surface area contributed by atoms with Crippen molar-refractivity contribution in [3.63, 3.8) is 0 Å². The fourth-order valence-electron chi connectivity index (χ4n) is 1.06. The van der Waals surface area contributed by atoms with Crippen LogP contribution in [0.5, 0.6) is 0 Å². The molecule has 1 unspecified atom stereocenters. The number of hydrogen-bond donors (Lipinski definition) is 0. The molecule has 1 atom stereocenters. The second kappa shape index (κ2) is 6.27. The van der Waals surface area contributed by atoms with Crippen molar-refractivity contribution in [1.82, 2.24) is 0 Å². The molecule has 0 aliphatic heterocycles. The van der Waals surface area contributed by atoms with Gasteiger partial charge in [0.05, 0.1) is 0 Å². The van der Waals surface area contributed by atoms with Crippen molar-refractivity contribution < 1.29 is 39.9 Å². The molecule has 0 fully saturated rings. The Morgan fingerprint density at radius 2 is 1.58 bits per heavy atom. The summed E-state index contributed by atoms with van der Waals surface area (Å²) in [5, 5.41) is -0.430. The first-order valence-electron chi connectivity index (χ1n) is 4.92. The molecule has 0 aliphatic carbocycles. The maximum atomic E-state index is 12.9. The highest BCUT2D eigenvalue weighted by Gasteiger charge is 2.69. The third kappa shape index (κ3) is 5.15. The minimum Gasteiger partial charge on any atom is -0.288 e. The van der Waals surface area contributed by atoms with Crippen LogP contribution in [0.25, 0.3) is 0 Å². The number of alkyl halides is 8. The third-order valence-corrected chi connectivity index (χ3v) is 2.93. The van der Waals surface area contributed by atoms with Crippen molar-refractivity contribution >= 4 is 16.9 Å². The summed E-state index contributed by atoms with van der Waals surface area (Å²) in [6.07, 6.45) is -13.1. The van der Waals surface area contributed by atoms with Gasteiger partial charge in [0.2, 0.25) is 6.17 Å².